The van der Waals surface area contributed by atoms with Crippen LogP contribution in [0.3, 0.4) is 0 Å². The maximum Gasteiger partial charge on any atom is 0.251 e. The maximum atomic E-state index is 12.0. The van der Waals surface area contributed by atoms with Crippen LogP contribution in [0.2, 0.25) is 0 Å². The Morgan fingerprint density at radius 2 is 1.86 bits per heavy atom. The number of anilines is 1. The lowest BCUT2D eigenvalue weighted by Crippen LogP contribution is -2.37. The number of benzene rings is 1. The predicted octanol–water partition coefficient (Wildman–Crippen LogP) is 0.491. The molecule has 0 radical (unpaired) electrons. The van der Waals surface area contributed by atoms with Crippen molar-refractivity contribution < 1.29 is 14.3 Å². The van der Waals surface area contributed by atoms with Gasteiger partial charge < -0.3 is 21.1 Å². The van der Waals surface area contributed by atoms with Crippen LogP contribution in [0.1, 0.15) is 23.2 Å². The van der Waals surface area contributed by atoms with Gasteiger partial charge in [-0.3, -0.25) is 9.59 Å². The molecule has 1 aromatic rings. The van der Waals surface area contributed by atoms with E-state index in [1.54, 1.807) is 24.3 Å². The van der Waals surface area contributed by atoms with Crippen molar-refractivity contribution in [1.82, 2.24) is 5.32 Å². The van der Waals surface area contributed by atoms with Crippen LogP contribution in [0.5, 0.6) is 0 Å². The Labute approximate surface area is 123 Å². The summed E-state index contributed by atoms with van der Waals surface area (Å²) in [5.74, 6) is -0.528. The summed E-state index contributed by atoms with van der Waals surface area (Å²) in [6.45, 7) is 0.771. The fraction of sp³-hybridized carbons (Fsp3) is 0.467. The molecule has 2 fully saturated rings. The Morgan fingerprint density at radius 1 is 1.14 bits per heavy atom. The van der Waals surface area contributed by atoms with Crippen LogP contribution in [-0.2, 0) is 9.53 Å². The van der Waals surface area contributed by atoms with E-state index in [0.29, 0.717) is 30.5 Å². The second kappa shape index (κ2) is 5.83. The summed E-state index contributed by atoms with van der Waals surface area (Å²) in [5, 5.41) is 5.72. The zero-order chi connectivity index (χ0) is 14.8. The highest BCUT2D eigenvalue weighted by atomic mass is 16.5. The third-order valence-corrected chi connectivity index (χ3v) is 3.79. The molecule has 4 N–H and O–H groups in total. The summed E-state index contributed by atoms with van der Waals surface area (Å²) >= 11 is 0. The topological polar surface area (TPSA) is 93.4 Å². The van der Waals surface area contributed by atoms with Crippen LogP contribution < -0.4 is 16.4 Å². The number of amides is 2. The van der Waals surface area contributed by atoms with E-state index in [9.17, 15) is 9.59 Å². The van der Waals surface area contributed by atoms with Gasteiger partial charge in [0.25, 0.3) is 5.91 Å². The molecule has 1 saturated carbocycles. The van der Waals surface area contributed by atoms with Crippen molar-refractivity contribution in [3.05, 3.63) is 29.8 Å². The van der Waals surface area contributed by atoms with Crippen molar-refractivity contribution in [2.75, 3.05) is 18.5 Å². The van der Waals surface area contributed by atoms with Gasteiger partial charge in [0, 0.05) is 23.3 Å². The van der Waals surface area contributed by atoms with E-state index in [-0.39, 0.29) is 23.8 Å². The largest absolute Gasteiger partial charge is 0.379 e. The van der Waals surface area contributed by atoms with Gasteiger partial charge in [-0.1, -0.05) is 0 Å². The molecule has 1 aliphatic carbocycles. The van der Waals surface area contributed by atoms with E-state index in [2.05, 4.69) is 10.6 Å². The third kappa shape index (κ3) is 3.40. The first-order chi connectivity index (χ1) is 10.1. The maximum absolute atomic E-state index is 12.0. The van der Waals surface area contributed by atoms with E-state index in [1.165, 1.54) is 0 Å². The van der Waals surface area contributed by atoms with Gasteiger partial charge >= 0.3 is 0 Å². The number of hydrogen-bond acceptors (Lipinski definition) is 4. The SMILES string of the molecule is NC1COCC1C(=O)Nc1ccc(C(=O)NC2CC2)cc1. The standard InChI is InChI=1S/C15H19N3O3/c16-13-8-21-7-12(13)15(20)18-10-3-1-9(2-4-10)14(19)17-11-5-6-11/h1-4,11-13H,5-8,16H2,(H,17,19)(H,18,20). The molecule has 21 heavy (non-hydrogen) atoms. The molecular formula is C15H19N3O3. The lowest BCUT2D eigenvalue weighted by atomic mass is 10.0. The van der Waals surface area contributed by atoms with Gasteiger partial charge in [-0.25, -0.2) is 0 Å². The normalized spacial score (nSPS) is 24.6. The van der Waals surface area contributed by atoms with Crippen LogP contribution in [-0.4, -0.2) is 37.1 Å². The average molecular weight is 289 g/mol. The first-order valence-electron chi connectivity index (χ1n) is 7.18. The Bertz CT molecular complexity index is 540. The fourth-order valence-corrected chi connectivity index (χ4v) is 2.28. The molecule has 6 nitrogen and oxygen atoms in total. The van der Waals surface area contributed by atoms with Crippen molar-refractivity contribution in [3.8, 4) is 0 Å². The second-order valence-corrected chi connectivity index (χ2v) is 5.62. The second-order valence-electron chi connectivity index (χ2n) is 5.62. The Balaban J connectivity index is 1.58. The first-order valence-corrected chi connectivity index (χ1v) is 7.18. The molecular weight excluding hydrogens is 270 g/mol. The van der Waals surface area contributed by atoms with Gasteiger partial charge in [-0.15, -0.1) is 0 Å². The van der Waals surface area contributed by atoms with Crippen molar-refractivity contribution in [2.45, 2.75) is 24.9 Å². The summed E-state index contributed by atoms with van der Waals surface area (Å²) in [6.07, 6.45) is 2.12. The van der Waals surface area contributed by atoms with Gasteiger partial charge in [0.1, 0.15) is 0 Å². The van der Waals surface area contributed by atoms with E-state index >= 15 is 0 Å². The number of ether oxygens (including phenoxy) is 1. The molecule has 112 valence electrons. The summed E-state index contributed by atoms with van der Waals surface area (Å²) in [5.41, 5.74) is 7.06. The van der Waals surface area contributed by atoms with Crippen LogP contribution >= 0.6 is 0 Å². The monoisotopic (exact) mass is 289 g/mol. The number of nitrogens with one attached hydrogen (secondary N) is 2. The molecule has 1 heterocycles. The molecule has 1 saturated heterocycles. The van der Waals surface area contributed by atoms with Gasteiger partial charge in [0.15, 0.2) is 0 Å². The Hall–Kier alpha value is -1.92. The van der Waals surface area contributed by atoms with Crippen LogP contribution in [0.25, 0.3) is 0 Å². The minimum atomic E-state index is -0.317. The van der Waals surface area contributed by atoms with Crippen LogP contribution in [0.15, 0.2) is 24.3 Å². The van der Waals surface area contributed by atoms with Crippen molar-refractivity contribution in [2.24, 2.45) is 11.7 Å². The smallest absolute Gasteiger partial charge is 0.251 e. The molecule has 0 aromatic heterocycles. The van der Waals surface area contributed by atoms with Gasteiger partial charge in [-0.05, 0) is 37.1 Å². The lowest BCUT2D eigenvalue weighted by molar-refractivity contribution is -0.120. The molecule has 2 amide bonds. The molecule has 0 bridgehead atoms. The van der Waals surface area contributed by atoms with Crippen molar-refractivity contribution >= 4 is 17.5 Å². The van der Waals surface area contributed by atoms with Crippen LogP contribution in [0.4, 0.5) is 5.69 Å². The first kappa shape index (κ1) is 14.0. The van der Waals surface area contributed by atoms with E-state index < -0.39 is 0 Å². The number of hydrogen-bond donors (Lipinski definition) is 3. The molecule has 0 spiro atoms. The van der Waals surface area contributed by atoms with E-state index in [1.807, 2.05) is 0 Å². The summed E-state index contributed by atoms with van der Waals surface area (Å²) in [6, 6.07) is 6.94. The van der Waals surface area contributed by atoms with Crippen LogP contribution in [0, 0.1) is 5.92 Å². The number of carbonyl (C=O) groups is 2. The molecule has 2 aliphatic rings. The molecule has 1 aromatic carbocycles. The number of rotatable bonds is 4. The highest BCUT2D eigenvalue weighted by molar-refractivity contribution is 5.96. The molecule has 2 unspecified atom stereocenters. The van der Waals surface area contributed by atoms with Crippen molar-refractivity contribution in [1.29, 1.82) is 0 Å². The van der Waals surface area contributed by atoms with Gasteiger partial charge in [0.2, 0.25) is 5.91 Å². The molecule has 2 atom stereocenters. The zero-order valence-electron chi connectivity index (χ0n) is 11.7. The predicted molar refractivity (Wildman–Crippen MR) is 77.8 cm³/mol. The Morgan fingerprint density at radius 3 is 2.43 bits per heavy atom. The Kier molecular flexibility index (Phi) is 3.90. The lowest BCUT2D eigenvalue weighted by Gasteiger charge is -2.13. The fourth-order valence-electron chi connectivity index (χ4n) is 2.28. The summed E-state index contributed by atoms with van der Waals surface area (Å²) in [7, 11) is 0. The van der Waals surface area contributed by atoms with Crippen molar-refractivity contribution in [3.63, 3.8) is 0 Å². The van der Waals surface area contributed by atoms with E-state index in [4.69, 9.17) is 10.5 Å². The van der Waals surface area contributed by atoms with Gasteiger partial charge in [0.05, 0.1) is 19.1 Å². The molecule has 6 heteroatoms. The highest BCUT2D eigenvalue weighted by Crippen LogP contribution is 2.20. The average Bonchev–Trinajstić information content (AvgIpc) is 3.18. The molecule has 1 aliphatic heterocycles. The zero-order valence-corrected chi connectivity index (χ0v) is 11.7. The number of carbonyl (C=O) groups excluding carboxylic acids is 2. The van der Waals surface area contributed by atoms with E-state index in [0.717, 1.165) is 12.8 Å². The quantitative estimate of drug-likeness (QED) is 0.752. The minimum absolute atomic E-state index is 0.0680. The summed E-state index contributed by atoms with van der Waals surface area (Å²) < 4.78 is 5.18. The molecule has 3 rings (SSSR count). The third-order valence-electron chi connectivity index (χ3n) is 3.79. The number of nitrogens with two attached hydrogens (primary N) is 1. The summed E-state index contributed by atoms with van der Waals surface area (Å²) in [4.78, 5) is 23.9. The van der Waals surface area contributed by atoms with Gasteiger partial charge in [-0.2, -0.15) is 0 Å². The minimum Gasteiger partial charge on any atom is -0.379 e. The highest BCUT2D eigenvalue weighted by Gasteiger charge is 2.31.